The first kappa shape index (κ1) is 9.64. The van der Waals surface area contributed by atoms with Gasteiger partial charge in [-0.2, -0.15) is 4.68 Å². The maximum absolute atomic E-state index is 2.35. The van der Waals surface area contributed by atoms with Gasteiger partial charge in [0.15, 0.2) is 7.05 Å². The van der Waals surface area contributed by atoms with E-state index in [1.165, 1.54) is 17.5 Å². The molecule has 1 aliphatic carbocycles. The molecule has 0 spiro atoms. The van der Waals surface area contributed by atoms with Crippen molar-refractivity contribution in [3.05, 3.63) is 42.7 Å². The zero-order valence-corrected chi connectivity index (χ0v) is 9.80. The number of aryl methyl sites for hydroxylation is 1. The quantitative estimate of drug-likeness (QED) is 0.678. The number of benzene rings is 1. The summed E-state index contributed by atoms with van der Waals surface area (Å²) in [7, 11) is 2.12. The molecule has 0 aliphatic heterocycles. The standard InChI is InChI=1S/C14H17N2/c1-11-8-14(11)16-10-13(9-15(16)2)12-6-4-3-5-7-12/h3-7,9-11,14H,8H2,1-2H3/q+1/t11-,14?/m1/s1. The molecule has 82 valence electrons. The largest absolute Gasteiger partial charge is 0.203 e. The van der Waals surface area contributed by atoms with Crippen LogP contribution in [-0.4, -0.2) is 4.68 Å². The lowest BCUT2D eigenvalue weighted by atomic mass is 10.1. The van der Waals surface area contributed by atoms with E-state index in [0.717, 1.165) is 5.92 Å². The molecule has 3 rings (SSSR count). The lowest BCUT2D eigenvalue weighted by molar-refractivity contribution is -0.754. The van der Waals surface area contributed by atoms with Crippen LogP contribution in [0.2, 0.25) is 0 Å². The van der Waals surface area contributed by atoms with Gasteiger partial charge in [0, 0.05) is 0 Å². The van der Waals surface area contributed by atoms with Crippen molar-refractivity contribution in [2.24, 2.45) is 13.0 Å². The fourth-order valence-electron chi connectivity index (χ4n) is 2.32. The lowest BCUT2D eigenvalue weighted by Gasteiger charge is -1.95. The third kappa shape index (κ3) is 1.54. The van der Waals surface area contributed by atoms with Gasteiger partial charge in [0.2, 0.25) is 6.20 Å². The Morgan fingerprint density at radius 1 is 1.19 bits per heavy atom. The molecule has 1 saturated carbocycles. The molecule has 0 amide bonds. The molecule has 2 atom stereocenters. The summed E-state index contributed by atoms with van der Waals surface area (Å²) in [6, 6.07) is 11.3. The summed E-state index contributed by atoms with van der Waals surface area (Å²) >= 11 is 0. The Kier molecular flexibility index (Phi) is 2.10. The lowest BCUT2D eigenvalue weighted by Crippen LogP contribution is -2.37. The average Bonchev–Trinajstić information content (AvgIpc) is 2.89. The van der Waals surface area contributed by atoms with Gasteiger partial charge in [-0.1, -0.05) is 37.3 Å². The van der Waals surface area contributed by atoms with Crippen LogP contribution in [0.1, 0.15) is 19.4 Å². The Morgan fingerprint density at radius 2 is 1.88 bits per heavy atom. The summed E-state index contributed by atoms with van der Waals surface area (Å²) in [5.41, 5.74) is 2.60. The Labute approximate surface area is 96.1 Å². The van der Waals surface area contributed by atoms with Crippen LogP contribution in [0.4, 0.5) is 0 Å². The molecule has 16 heavy (non-hydrogen) atoms. The smallest absolute Gasteiger partial charge is 0.157 e. The Hall–Kier alpha value is -1.57. The van der Waals surface area contributed by atoms with E-state index < -0.39 is 0 Å². The molecule has 2 heteroatoms. The second kappa shape index (κ2) is 3.48. The van der Waals surface area contributed by atoms with Crippen LogP contribution in [0.15, 0.2) is 42.7 Å². The molecule has 1 fully saturated rings. The highest BCUT2D eigenvalue weighted by Crippen LogP contribution is 2.42. The molecule has 1 aromatic heterocycles. The molecule has 0 bridgehead atoms. The highest BCUT2D eigenvalue weighted by molar-refractivity contribution is 5.60. The summed E-state index contributed by atoms with van der Waals surface area (Å²) in [6.45, 7) is 2.31. The van der Waals surface area contributed by atoms with E-state index in [2.05, 4.69) is 66.1 Å². The third-order valence-corrected chi connectivity index (χ3v) is 3.48. The maximum Gasteiger partial charge on any atom is 0.203 e. The minimum atomic E-state index is 0.711. The minimum Gasteiger partial charge on any atom is -0.157 e. The number of aromatic nitrogens is 2. The van der Waals surface area contributed by atoms with E-state index in [1.54, 1.807) is 0 Å². The fourth-order valence-corrected chi connectivity index (χ4v) is 2.32. The summed E-state index contributed by atoms with van der Waals surface area (Å²) in [5, 5.41) is 0. The predicted molar refractivity (Wildman–Crippen MR) is 63.9 cm³/mol. The molecular weight excluding hydrogens is 196 g/mol. The third-order valence-electron chi connectivity index (χ3n) is 3.48. The predicted octanol–water partition coefficient (Wildman–Crippen LogP) is 2.56. The number of hydrogen-bond acceptors (Lipinski definition) is 0. The fraction of sp³-hybridized carbons (Fsp3) is 0.357. The second-order valence-corrected chi connectivity index (χ2v) is 4.81. The first-order valence-electron chi connectivity index (χ1n) is 5.89. The molecule has 1 aromatic carbocycles. The van der Waals surface area contributed by atoms with Gasteiger partial charge in [0.1, 0.15) is 0 Å². The Bertz CT molecular complexity index is 499. The van der Waals surface area contributed by atoms with Gasteiger partial charge >= 0.3 is 0 Å². The first-order chi connectivity index (χ1) is 7.75. The van der Waals surface area contributed by atoms with E-state index in [0.29, 0.717) is 6.04 Å². The molecule has 0 N–H and O–H groups in total. The van der Waals surface area contributed by atoms with Crippen LogP contribution in [0.3, 0.4) is 0 Å². The highest BCUT2D eigenvalue weighted by atomic mass is 15.4. The van der Waals surface area contributed by atoms with Crippen molar-refractivity contribution in [1.29, 1.82) is 0 Å². The van der Waals surface area contributed by atoms with Crippen molar-refractivity contribution in [3.63, 3.8) is 0 Å². The van der Waals surface area contributed by atoms with Crippen LogP contribution < -0.4 is 4.68 Å². The van der Waals surface area contributed by atoms with Crippen molar-refractivity contribution < 1.29 is 4.68 Å². The van der Waals surface area contributed by atoms with Gasteiger partial charge in [-0.15, -0.1) is 4.68 Å². The molecule has 1 heterocycles. The monoisotopic (exact) mass is 213 g/mol. The van der Waals surface area contributed by atoms with E-state index in [9.17, 15) is 0 Å². The SMILES string of the molecule is C[C@@H]1CC1n1cc(-c2ccccc2)c[n+]1C. The number of hydrogen-bond donors (Lipinski definition) is 0. The van der Waals surface area contributed by atoms with Crippen LogP contribution >= 0.6 is 0 Å². The molecular formula is C14H17N2+. The van der Waals surface area contributed by atoms with Crippen molar-refractivity contribution in [1.82, 2.24) is 4.68 Å². The number of rotatable bonds is 2. The zero-order valence-electron chi connectivity index (χ0n) is 9.80. The topological polar surface area (TPSA) is 8.81 Å². The maximum atomic E-state index is 2.35. The van der Waals surface area contributed by atoms with Gasteiger partial charge in [0.05, 0.1) is 17.8 Å². The molecule has 2 nitrogen and oxygen atoms in total. The van der Waals surface area contributed by atoms with Gasteiger partial charge in [-0.3, -0.25) is 0 Å². The van der Waals surface area contributed by atoms with E-state index in [1.807, 2.05) is 0 Å². The van der Waals surface area contributed by atoms with Gasteiger partial charge < -0.3 is 0 Å². The van der Waals surface area contributed by atoms with Gasteiger partial charge in [-0.05, 0) is 17.9 Å². The van der Waals surface area contributed by atoms with Crippen LogP contribution in [0.25, 0.3) is 11.1 Å². The van der Waals surface area contributed by atoms with Gasteiger partial charge in [-0.25, -0.2) is 0 Å². The summed E-state index contributed by atoms with van der Waals surface area (Å²) in [4.78, 5) is 0. The van der Waals surface area contributed by atoms with Gasteiger partial charge in [0.25, 0.3) is 0 Å². The highest BCUT2D eigenvalue weighted by Gasteiger charge is 2.38. The normalized spacial score (nSPS) is 23.4. The van der Waals surface area contributed by atoms with E-state index in [-0.39, 0.29) is 0 Å². The van der Waals surface area contributed by atoms with Crippen molar-refractivity contribution in [2.75, 3.05) is 0 Å². The zero-order chi connectivity index (χ0) is 11.1. The minimum absolute atomic E-state index is 0.711. The second-order valence-electron chi connectivity index (χ2n) is 4.81. The van der Waals surface area contributed by atoms with Crippen LogP contribution in [0, 0.1) is 5.92 Å². The van der Waals surface area contributed by atoms with Crippen molar-refractivity contribution >= 4 is 0 Å². The van der Waals surface area contributed by atoms with E-state index >= 15 is 0 Å². The van der Waals surface area contributed by atoms with Crippen LogP contribution in [-0.2, 0) is 7.05 Å². The van der Waals surface area contributed by atoms with Crippen LogP contribution in [0.5, 0.6) is 0 Å². The molecule has 1 aliphatic rings. The molecule has 0 saturated heterocycles. The van der Waals surface area contributed by atoms with Crippen molar-refractivity contribution in [3.8, 4) is 11.1 Å². The first-order valence-corrected chi connectivity index (χ1v) is 5.89. The summed E-state index contributed by atoms with van der Waals surface area (Å²) < 4.78 is 4.56. The van der Waals surface area contributed by atoms with E-state index in [4.69, 9.17) is 0 Å². The average molecular weight is 213 g/mol. The molecule has 1 unspecified atom stereocenters. The molecule has 2 aromatic rings. The van der Waals surface area contributed by atoms with Crippen molar-refractivity contribution in [2.45, 2.75) is 19.4 Å². The number of nitrogens with zero attached hydrogens (tertiary/aromatic N) is 2. The Balaban J connectivity index is 1.98. The summed E-state index contributed by atoms with van der Waals surface area (Å²) in [5.74, 6) is 0.835. The molecule has 0 radical (unpaired) electrons. The summed E-state index contributed by atoms with van der Waals surface area (Å²) in [6.07, 6.45) is 5.79. The Morgan fingerprint density at radius 3 is 2.50 bits per heavy atom.